The maximum absolute atomic E-state index is 9.10. The molecule has 3 aromatic heterocycles. The first-order valence-corrected chi connectivity index (χ1v) is 33.6. The second kappa shape index (κ2) is 23.0. The second-order valence-electron chi connectivity index (χ2n) is 32.0. The van der Waals surface area contributed by atoms with Crippen LogP contribution in [0.5, 0.6) is 11.5 Å². The van der Waals surface area contributed by atoms with Crippen LogP contribution in [0.25, 0.3) is 87.8 Å². The van der Waals surface area contributed by atoms with E-state index in [9.17, 15) is 0 Å². The molecule has 476 valence electrons. The number of benzene rings is 9. The van der Waals surface area contributed by atoms with Crippen molar-refractivity contribution < 1.29 is 10.5 Å². The molecule has 9 aromatic carbocycles. The van der Waals surface area contributed by atoms with Crippen molar-refractivity contribution in [2.24, 2.45) is 0 Å². The summed E-state index contributed by atoms with van der Waals surface area (Å²) in [6.45, 7) is 52.2. The maximum Gasteiger partial charge on any atom is 0.229 e. The Labute approximate surface area is 559 Å². The fraction of sp³-hybridized carbons (Fsp3) is 0.310. The van der Waals surface area contributed by atoms with Crippen LogP contribution in [0, 0.1) is 6.57 Å². The number of hydrogen-bond donors (Lipinski definition) is 0. The van der Waals surface area contributed by atoms with Crippen LogP contribution in [0.3, 0.4) is 0 Å². The molecular weight excluding hydrogens is 1150 g/mol. The van der Waals surface area contributed by atoms with E-state index in [0.29, 0.717) is 40.8 Å². The standard InChI is InChI=1S/C87H91N5O2/c1-52(2)65-26-23-27-66(53(3)4)78(65)56-44-62(49-64(45-56)93-63-34-35-71-76(50-63)92(77-48-57(38-39-89-77)83(5,6)7)75-37-36-70-69-30-25-31-72(88-20)81(69)94-82(70)79(71)75)90-51-91(74-33-22-21-32-73(74)90)80-67(54-40-58(84(8,9)10)46-59(41-54)85(11,12)13)28-24-29-68(80)55-42-60(86(14,15)16)47-61(43-55)87(17,18)19/h21-50,52-53H,51H2,1-19H3/i39D. The fourth-order valence-electron chi connectivity index (χ4n) is 13.8. The van der Waals surface area contributed by atoms with Gasteiger partial charge in [-0.05, 0) is 161 Å². The Bertz CT molecular complexity index is 4910. The van der Waals surface area contributed by atoms with Crippen molar-refractivity contribution in [2.75, 3.05) is 16.5 Å². The molecule has 0 amide bonds. The molecule has 94 heavy (non-hydrogen) atoms. The Morgan fingerprint density at radius 2 is 1.01 bits per heavy atom. The van der Waals surface area contributed by atoms with E-state index in [1.165, 1.54) is 61.2 Å². The van der Waals surface area contributed by atoms with Gasteiger partial charge in [0.2, 0.25) is 5.69 Å². The predicted octanol–water partition coefficient (Wildman–Crippen LogP) is 25.4. The van der Waals surface area contributed by atoms with Gasteiger partial charge in [-0.15, -0.1) is 0 Å². The van der Waals surface area contributed by atoms with E-state index in [2.05, 4.69) is 302 Å². The summed E-state index contributed by atoms with van der Waals surface area (Å²) in [5.74, 6) is 2.45. The van der Waals surface area contributed by atoms with Gasteiger partial charge in [-0.2, -0.15) is 0 Å². The zero-order valence-electron chi connectivity index (χ0n) is 59.7. The molecule has 7 heteroatoms. The van der Waals surface area contributed by atoms with Gasteiger partial charge in [-0.3, -0.25) is 4.57 Å². The van der Waals surface area contributed by atoms with Gasteiger partial charge in [0.25, 0.3) is 0 Å². The molecule has 13 rings (SSSR count). The Morgan fingerprint density at radius 3 is 1.56 bits per heavy atom. The number of pyridine rings is 1. The van der Waals surface area contributed by atoms with Crippen LogP contribution in [-0.4, -0.2) is 16.2 Å². The summed E-state index contributed by atoms with van der Waals surface area (Å²) in [6, 6.07) is 64.5. The molecule has 0 aliphatic carbocycles. The van der Waals surface area contributed by atoms with Crippen molar-refractivity contribution in [1.82, 2.24) is 9.55 Å². The van der Waals surface area contributed by atoms with E-state index in [1.807, 2.05) is 24.3 Å². The average molecular weight is 1240 g/mol. The zero-order valence-corrected chi connectivity index (χ0v) is 58.7. The van der Waals surface area contributed by atoms with Crippen molar-refractivity contribution in [3.8, 4) is 50.7 Å². The van der Waals surface area contributed by atoms with E-state index in [4.69, 9.17) is 22.1 Å². The largest absolute Gasteiger partial charge is 0.466 e. The van der Waals surface area contributed by atoms with E-state index in [-0.39, 0.29) is 45.1 Å². The van der Waals surface area contributed by atoms with Crippen molar-refractivity contribution in [3.63, 3.8) is 0 Å². The van der Waals surface area contributed by atoms with Gasteiger partial charge in [0.15, 0.2) is 0 Å². The zero-order chi connectivity index (χ0) is 67.7. The highest BCUT2D eigenvalue weighted by atomic mass is 16.5. The minimum atomic E-state index is -0.254. The molecular formula is C87H91N5O2. The minimum Gasteiger partial charge on any atom is -0.466 e. The molecule has 1 aliphatic rings. The molecule has 1 aliphatic heterocycles. The SMILES string of the molecule is [2H]c1cc(C(C)(C)C)cc(-n2c3cc(Oc4cc(-c5c(C(C)C)cccc5C(C)C)cc(N5CN(c6c(-c7cc(C(C)(C)C)cc(C(C)(C)C)c7)cccc6-c6cc(C(C)(C)C)cc(C(C)(C)C)c6)c6ccccc65)c4)ccc3c3c4oc5c([N+]#[C-])cccc5c4ccc32)n1. The van der Waals surface area contributed by atoms with Gasteiger partial charge in [0.05, 0.1) is 41.4 Å². The lowest BCUT2D eigenvalue weighted by Crippen LogP contribution is -2.25. The first kappa shape index (κ1) is 62.1. The summed E-state index contributed by atoms with van der Waals surface area (Å²) in [4.78, 5) is 13.9. The lowest BCUT2D eigenvalue weighted by atomic mass is 9.77. The predicted molar refractivity (Wildman–Crippen MR) is 399 cm³/mol. The number of anilines is 4. The molecule has 0 radical (unpaired) electrons. The highest BCUT2D eigenvalue weighted by Gasteiger charge is 2.35. The smallest absolute Gasteiger partial charge is 0.229 e. The topological polar surface area (TPSA) is 51.0 Å². The van der Waals surface area contributed by atoms with Crippen molar-refractivity contribution in [1.29, 1.82) is 0 Å². The maximum atomic E-state index is 9.10. The third-order valence-corrected chi connectivity index (χ3v) is 19.3. The lowest BCUT2D eigenvalue weighted by Gasteiger charge is -2.31. The van der Waals surface area contributed by atoms with Crippen LogP contribution in [0.4, 0.5) is 28.4 Å². The lowest BCUT2D eigenvalue weighted by molar-refractivity contribution is 0.483. The van der Waals surface area contributed by atoms with Crippen molar-refractivity contribution >= 4 is 72.2 Å². The van der Waals surface area contributed by atoms with Crippen LogP contribution in [0.1, 0.15) is 184 Å². The van der Waals surface area contributed by atoms with Crippen LogP contribution < -0.4 is 14.5 Å². The number of para-hydroxylation sites is 4. The molecule has 7 nitrogen and oxygen atoms in total. The highest BCUT2D eigenvalue weighted by molar-refractivity contribution is 6.24. The Balaban J connectivity index is 1.04. The fourth-order valence-corrected chi connectivity index (χ4v) is 13.8. The summed E-state index contributed by atoms with van der Waals surface area (Å²) in [5, 5.41) is 3.65. The number of hydrogen-bond acceptors (Lipinski definition) is 5. The molecule has 12 aromatic rings. The molecule has 0 spiro atoms. The van der Waals surface area contributed by atoms with Gasteiger partial charge in [-0.25, -0.2) is 9.83 Å². The van der Waals surface area contributed by atoms with Gasteiger partial charge in [-0.1, -0.05) is 235 Å². The van der Waals surface area contributed by atoms with Gasteiger partial charge in [0, 0.05) is 51.3 Å². The number of fused-ring (bicyclic) bond motifs is 8. The molecule has 4 heterocycles. The van der Waals surface area contributed by atoms with E-state index in [1.54, 1.807) is 0 Å². The molecule has 0 saturated heterocycles. The molecule has 0 bridgehead atoms. The van der Waals surface area contributed by atoms with E-state index >= 15 is 0 Å². The Kier molecular flexibility index (Phi) is 15.2. The van der Waals surface area contributed by atoms with E-state index in [0.717, 1.165) is 66.5 Å². The third kappa shape index (κ3) is 11.4. The van der Waals surface area contributed by atoms with Crippen molar-refractivity contribution in [2.45, 2.75) is 170 Å². The first-order valence-electron chi connectivity index (χ1n) is 34.1. The van der Waals surface area contributed by atoms with Crippen molar-refractivity contribution in [3.05, 3.63) is 232 Å². The van der Waals surface area contributed by atoms with Gasteiger partial charge < -0.3 is 19.0 Å². The summed E-state index contributed by atoms with van der Waals surface area (Å²) in [7, 11) is 0. The monoisotopic (exact) mass is 1240 g/mol. The molecule has 0 unspecified atom stereocenters. The number of nitrogens with zero attached hydrogens (tertiary/aromatic N) is 5. The summed E-state index contributed by atoms with van der Waals surface area (Å²) < 4.78 is 25.5. The van der Waals surface area contributed by atoms with Gasteiger partial charge in [0.1, 0.15) is 35.2 Å². The molecule has 0 atom stereocenters. The summed E-state index contributed by atoms with van der Waals surface area (Å²) in [6.07, 6.45) is 0.184. The van der Waals surface area contributed by atoms with Gasteiger partial charge >= 0.3 is 0 Å². The Morgan fingerprint density at radius 1 is 0.479 bits per heavy atom. The summed E-state index contributed by atoms with van der Waals surface area (Å²) >= 11 is 0. The molecule has 0 saturated carbocycles. The average Bonchev–Trinajstić information content (AvgIpc) is 1.54. The van der Waals surface area contributed by atoms with Crippen LogP contribution in [0.15, 0.2) is 187 Å². The number of rotatable bonds is 10. The van der Waals surface area contributed by atoms with E-state index < -0.39 is 0 Å². The normalized spacial score (nSPS) is 13.5. The first-order chi connectivity index (χ1) is 44.7. The summed E-state index contributed by atoms with van der Waals surface area (Å²) in [5.41, 5.74) is 23.1. The minimum absolute atomic E-state index is 0.0966. The number of ether oxygens (including phenoxy) is 1. The highest BCUT2D eigenvalue weighted by Crippen LogP contribution is 2.54. The Hall–Kier alpha value is -9.38. The number of furan rings is 1. The molecule has 0 N–H and O–H groups in total. The second-order valence-corrected chi connectivity index (χ2v) is 32.0. The van der Waals surface area contributed by atoms with Crippen LogP contribution >= 0.6 is 0 Å². The van der Waals surface area contributed by atoms with Crippen LogP contribution in [0.2, 0.25) is 0 Å². The third-order valence-electron chi connectivity index (χ3n) is 19.3. The van der Waals surface area contributed by atoms with Crippen LogP contribution in [-0.2, 0) is 27.1 Å². The molecule has 0 fully saturated rings. The quantitative estimate of drug-likeness (QED) is 0.128. The number of aromatic nitrogens is 2.